The summed E-state index contributed by atoms with van der Waals surface area (Å²) in [6, 6.07) is 4.42. The van der Waals surface area contributed by atoms with Gasteiger partial charge in [-0.3, -0.25) is 4.79 Å². The van der Waals surface area contributed by atoms with Crippen molar-refractivity contribution in [2.75, 3.05) is 38.3 Å². The van der Waals surface area contributed by atoms with Crippen molar-refractivity contribution < 1.29 is 17.9 Å². The molecule has 0 atom stereocenters. The van der Waals surface area contributed by atoms with Crippen molar-refractivity contribution >= 4 is 27.4 Å². The molecule has 21 heavy (non-hydrogen) atoms. The first-order chi connectivity index (χ1) is 9.78. The lowest BCUT2D eigenvalue weighted by Gasteiger charge is -2.14. The number of esters is 1. The summed E-state index contributed by atoms with van der Waals surface area (Å²) in [4.78, 5) is 11.4. The van der Waals surface area contributed by atoms with E-state index in [0.29, 0.717) is 24.5 Å². The van der Waals surface area contributed by atoms with Gasteiger partial charge in [-0.2, -0.15) is 0 Å². The van der Waals surface area contributed by atoms with Crippen molar-refractivity contribution in [1.29, 1.82) is 0 Å². The van der Waals surface area contributed by atoms with Gasteiger partial charge in [0.05, 0.1) is 29.3 Å². The Bertz CT molecular complexity index is 599. The Kier molecular flexibility index (Phi) is 5.98. The van der Waals surface area contributed by atoms with E-state index < -0.39 is 10.0 Å². The molecule has 0 aliphatic heterocycles. The van der Waals surface area contributed by atoms with Crippen LogP contribution in [0.5, 0.6) is 0 Å². The summed E-state index contributed by atoms with van der Waals surface area (Å²) in [6.45, 7) is 2.38. The molecule has 1 aromatic carbocycles. The maximum absolute atomic E-state index is 12.0. The summed E-state index contributed by atoms with van der Waals surface area (Å²) in [5.74, 6) is -0.319. The van der Waals surface area contributed by atoms with Gasteiger partial charge < -0.3 is 15.8 Å². The molecule has 0 spiro atoms. The van der Waals surface area contributed by atoms with E-state index in [0.717, 1.165) is 4.31 Å². The third-order valence-electron chi connectivity index (χ3n) is 2.75. The molecule has 0 amide bonds. The molecule has 0 saturated carbocycles. The highest BCUT2D eigenvalue weighted by atomic mass is 32.2. The van der Waals surface area contributed by atoms with Crippen molar-refractivity contribution in [3.05, 3.63) is 18.2 Å². The smallest absolute Gasteiger partial charge is 0.307 e. The van der Waals surface area contributed by atoms with E-state index in [4.69, 9.17) is 10.5 Å². The van der Waals surface area contributed by atoms with Gasteiger partial charge in [0.15, 0.2) is 0 Å². The number of nitrogens with zero attached hydrogens (tertiary/aromatic N) is 1. The molecule has 7 nitrogen and oxygen atoms in total. The van der Waals surface area contributed by atoms with E-state index in [1.54, 1.807) is 6.92 Å². The molecule has 0 heterocycles. The second kappa shape index (κ2) is 7.28. The van der Waals surface area contributed by atoms with Crippen LogP contribution in [0.25, 0.3) is 0 Å². The van der Waals surface area contributed by atoms with E-state index in [1.165, 1.54) is 32.3 Å². The summed E-state index contributed by atoms with van der Waals surface area (Å²) in [5.41, 5.74) is 6.69. The van der Waals surface area contributed by atoms with Crippen molar-refractivity contribution in [1.82, 2.24) is 4.31 Å². The highest BCUT2D eigenvalue weighted by Crippen LogP contribution is 2.24. The fraction of sp³-hybridized carbons (Fsp3) is 0.462. The summed E-state index contributed by atoms with van der Waals surface area (Å²) in [6.07, 6.45) is 0.179. The van der Waals surface area contributed by atoms with Crippen molar-refractivity contribution in [3.8, 4) is 0 Å². The third-order valence-corrected chi connectivity index (χ3v) is 4.56. The molecular weight excluding hydrogens is 294 g/mol. The fourth-order valence-corrected chi connectivity index (χ4v) is 2.52. The lowest BCUT2D eigenvalue weighted by Crippen LogP contribution is -2.22. The predicted octanol–water partition coefficient (Wildman–Crippen LogP) is 0.884. The first kappa shape index (κ1) is 17.3. The molecular formula is C13H21N3O4S. The van der Waals surface area contributed by atoms with Crippen molar-refractivity contribution in [3.63, 3.8) is 0 Å². The molecule has 8 heteroatoms. The molecule has 0 aromatic heterocycles. The second-order valence-electron chi connectivity index (χ2n) is 4.52. The molecule has 118 valence electrons. The quantitative estimate of drug-likeness (QED) is 0.572. The molecule has 0 aliphatic carbocycles. The van der Waals surface area contributed by atoms with E-state index >= 15 is 0 Å². The summed E-state index contributed by atoms with van der Waals surface area (Å²) < 4.78 is 30.0. The molecule has 0 fully saturated rings. The first-order valence-electron chi connectivity index (χ1n) is 6.50. The average Bonchev–Trinajstić information content (AvgIpc) is 2.40. The van der Waals surface area contributed by atoms with Crippen LogP contribution in [-0.2, 0) is 19.6 Å². The van der Waals surface area contributed by atoms with Crippen LogP contribution in [0.15, 0.2) is 23.1 Å². The van der Waals surface area contributed by atoms with E-state index in [1.807, 2.05) is 0 Å². The number of hydrogen-bond acceptors (Lipinski definition) is 6. The van der Waals surface area contributed by atoms with Crippen LogP contribution in [0, 0.1) is 0 Å². The Morgan fingerprint density at radius 2 is 2.05 bits per heavy atom. The SMILES string of the molecule is CCOC(=O)CCNc1cc(S(=O)(=O)N(C)C)ccc1N. The van der Waals surface area contributed by atoms with E-state index in [-0.39, 0.29) is 17.3 Å². The zero-order valence-corrected chi connectivity index (χ0v) is 13.2. The average molecular weight is 315 g/mol. The predicted molar refractivity (Wildman–Crippen MR) is 81.5 cm³/mol. The number of sulfonamides is 1. The number of benzene rings is 1. The normalized spacial score (nSPS) is 11.4. The van der Waals surface area contributed by atoms with Gasteiger partial charge in [0.2, 0.25) is 10.0 Å². The third kappa shape index (κ3) is 4.61. The number of nitrogen functional groups attached to an aromatic ring is 1. The minimum absolute atomic E-state index is 0.139. The lowest BCUT2D eigenvalue weighted by molar-refractivity contribution is -0.142. The van der Waals surface area contributed by atoms with Crippen LogP contribution < -0.4 is 11.1 Å². The Hall–Kier alpha value is -1.80. The van der Waals surface area contributed by atoms with Gasteiger partial charge in [0.25, 0.3) is 0 Å². The largest absolute Gasteiger partial charge is 0.466 e. The molecule has 1 aromatic rings. The topological polar surface area (TPSA) is 102 Å². The molecule has 0 bridgehead atoms. The van der Waals surface area contributed by atoms with Crippen molar-refractivity contribution in [2.24, 2.45) is 0 Å². The van der Waals surface area contributed by atoms with Crippen molar-refractivity contribution in [2.45, 2.75) is 18.2 Å². The van der Waals surface area contributed by atoms with Gasteiger partial charge in [-0.05, 0) is 25.1 Å². The van der Waals surface area contributed by atoms with Gasteiger partial charge >= 0.3 is 5.97 Å². The number of nitrogens with one attached hydrogen (secondary N) is 1. The molecule has 0 aliphatic rings. The summed E-state index contributed by atoms with van der Waals surface area (Å²) >= 11 is 0. The maximum Gasteiger partial charge on any atom is 0.307 e. The standard InChI is InChI=1S/C13H21N3O4S/c1-4-20-13(17)7-8-15-12-9-10(5-6-11(12)14)21(18,19)16(2)3/h5-6,9,15H,4,7-8,14H2,1-3H3. The fourth-order valence-electron chi connectivity index (χ4n) is 1.59. The van der Waals surface area contributed by atoms with Crippen LogP contribution in [0.4, 0.5) is 11.4 Å². The number of nitrogens with two attached hydrogens (primary N) is 1. The molecule has 0 radical (unpaired) electrons. The highest BCUT2D eigenvalue weighted by molar-refractivity contribution is 7.89. The van der Waals surface area contributed by atoms with Crippen LogP contribution in [0.1, 0.15) is 13.3 Å². The first-order valence-corrected chi connectivity index (χ1v) is 7.94. The zero-order valence-electron chi connectivity index (χ0n) is 12.4. The molecule has 1 rings (SSSR count). The minimum atomic E-state index is -3.52. The number of carbonyl (C=O) groups is 1. The Labute approximate surface area is 125 Å². The van der Waals surface area contributed by atoms with E-state index in [2.05, 4.69) is 5.32 Å². The second-order valence-corrected chi connectivity index (χ2v) is 6.67. The van der Waals surface area contributed by atoms with Gasteiger partial charge in [0.1, 0.15) is 0 Å². The number of anilines is 2. The van der Waals surface area contributed by atoms with Crippen LogP contribution in [0.3, 0.4) is 0 Å². The van der Waals surface area contributed by atoms with Gasteiger partial charge in [-0.1, -0.05) is 0 Å². The Morgan fingerprint density at radius 3 is 2.62 bits per heavy atom. The number of ether oxygens (including phenoxy) is 1. The van der Waals surface area contributed by atoms with Gasteiger partial charge in [-0.25, -0.2) is 12.7 Å². The van der Waals surface area contributed by atoms with Gasteiger partial charge in [-0.15, -0.1) is 0 Å². The zero-order chi connectivity index (χ0) is 16.0. The molecule has 0 unspecified atom stereocenters. The monoisotopic (exact) mass is 315 g/mol. The molecule has 0 saturated heterocycles. The van der Waals surface area contributed by atoms with E-state index in [9.17, 15) is 13.2 Å². The Balaban J connectivity index is 2.82. The van der Waals surface area contributed by atoms with Gasteiger partial charge in [0, 0.05) is 20.6 Å². The maximum atomic E-state index is 12.0. The van der Waals surface area contributed by atoms with Crippen LogP contribution in [0.2, 0.25) is 0 Å². The minimum Gasteiger partial charge on any atom is -0.466 e. The lowest BCUT2D eigenvalue weighted by atomic mass is 10.2. The highest BCUT2D eigenvalue weighted by Gasteiger charge is 2.18. The summed E-state index contributed by atoms with van der Waals surface area (Å²) in [7, 11) is -0.604. The van der Waals surface area contributed by atoms with Crippen LogP contribution in [-0.4, -0.2) is 45.9 Å². The number of hydrogen-bond donors (Lipinski definition) is 2. The Morgan fingerprint density at radius 1 is 1.38 bits per heavy atom. The number of rotatable bonds is 7. The van der Waals surface area contributed by atoms with Crippen LogP contribution >= 0.6 is 0 Å². The molecule has 3 N–H and O–H groups in total. The summed E-state index contributed by atoms with van der Waals surface area (Å²) in [5, 5.41) is 2.94. The number of carbonyl (C=O) groups excluding carboxylic acids is 1.